The second-order valence-electron chi connectivity index (χ2n) is 2.84. The van der Waals surface area contributed by atoms with Crippen LogP contribution in [0.1, 0.15) is 33.7 Å². The molecular formula is C9H7F2N3O. The average Bonchev–Trinajstić information content (AvgIpc) is 2.17. The molecule has 0 spiro atoms. The van der Waals surface area contributed by atoms with Gasteiger partial charge in [-0.1, -0.05) is 0 Å². The molecule has 0 radical (unpaired) electrons. The van der Waals surface area contributed by atoms with E-state index in [1.54, 1.807) is 6.07 Å². The highest BCUT2D eigenvalue weighted by molar-refractivity contribution is 5.91. The zero-order valence-electron chi connectivity index (χ0n) is 7.79. The molecule has 0 aromatic carbocycles. The molecule has 0 aliphatic rings. The molecule has 0 bridgehead atoms. The standard InChI is InChI=1S/C9H7F2N3O/c1-4-5(3-12)2-6(9(13)15)14-7(4)8(10)11/h2,8H,1H3,(H2,13,15). The number of aromatic nitrogens is 1. The molecule has 0 fully saturated rings. The molecule has 0 unspecified atom stereocenters. The van der Waals surface area contributed by atoms with Crippen LogP contribution in [0.5, 0.6) is 0 Å². The Labute approximate surface area is 84.3 Å². The van der Waals surface area contributed by atoms with Crippen LogP contribution in [0.3, 0.4) is 0 Å². The smallest absolute Gasteiger partial charge is 0.280 e. The van der Waals surface area contributed by atoms with Crippen molar-refractivity contribution in [2.45, 2.75) is 13.3 Å². The van der Waals surface area contributed by atoms with Crippen LogP contribution in [0, 0.1) is 18.3 Å². The van der Waals surface area contributed by atoms with E-state index in [-0.39, 0.29) is 16.8 Å². The number of hydrogen-bond donors (Lipinski definition) is 1. The van der Waals surface area contributed by atoms with Crippen LogP contribution in [0.2, 0.25) is 0 Å². The van der Waals surface area contributed by atoms with Crippen molar-refractivity contribution in [1.82, 2.24) is 4.98 Å². The first-order valence-corrected chi connectivity index (χ1v) is 3.97. The largest absolute Gasteiger partial charge is 0.364 e. The van der Waals surface area contributed by atoms with Crippen molar-refractivity contribution in [2.75, 3.05) is 0 Å². The Morgan fingerprint density at radius 1 is 1.67 bits per heavy atom. The monoisotopic (exact) mass is 211 g/mol. The number of nitriles is 1. The number of primary amides is 1. The molecule has 1 heterocycles. The van der Waals surface area contributed by atoms with E-state index < -0.39 is 18.0 Å². The first kappa shape index (κ1) is 11.0. The summed E-state index contributed by atoms with van der Waals surface area (Å²) < 4.78 is 24.9. The number of amides is 1. The first-order chi connectivity index (χ1) is 6.97. The number of hydrogen-bond acceptors (Lipinski definition) is 3. The molecule has 6 heteroatoms. The number of halogens is 2. The van der Waals surface area contributed by atoms with Gasteiger partial charge >= 0.3 is 0 Å². The second kappa shape index (κ2) is 4.00. The van der Waals surface area contributed by atoms with Gasteiger partial charge in [0.25, 0.3) is 12.3 Å². The fourth-order valence-electron chi connectivity index (χ4n) is 1.08. The fraction of sp³-hybridized carbons (Fsp3) is 0.222. The van der Waals surface area contributed by atoms with Gasteiger partial charge in [-0.15, -0.1) is 0 Å². The van der Waals surface area contributed by atoms with Gasteiger partial charge in [0.2, 0.25) is 0 Å². The van der Waals surface area contributed by atoms with E-state index in [9.17, 15) is 13.6 Å². The Morgan fingerprint density at radius 3 is 2.67 bits per heavy atom. The minimum absolute atomic E-state index is 0.0194. The number of nitrogens with zero attached hydrogens (tertiary/aromatic N) is 2. The number of pyridine rings is 1. The number of rotatable bonds is 2. The summed E-state index contributed by atoms with van der Waals surface area (Å²) in [4.78, 5) is 14.2. The van der Waals surface area contributed by atoms with Gasteiger partial charge in [-0.25, -0.2) is 13.8 Å². The molecule has 1 amide bonds. The number of carbonyl (C=O) groups is 1. The molecule has 1 aromatic rings. The van der Waals surface area contributed by atoms with E-state index in [2.05, 4.69) is 4.98 Å². The van der Waals surface area contributed by atoms with E-state index in [0.717, 1.165) is 6.07 Å². The molecule has 0 saturated carbocycles. The van der Waals surface area contributed by atoms with Gasteiger partial charge in [0.1, 0.15) is 11.4 Å². The van der Waals surface area contributed by atoms with Crippen LogP contribution in [0.4, 0.5) is 8.78 Å². The summed E-state index contributed by atoms with van der Waals surface area (Å²) in [5, 5.41) is 8.66. The van der Waals surface area contributed by atoms with Crippen molar-refractivity contribution in [1.29, 1.82) is 5.26 Å². The molecule has 78 valence electrons. The second-order valence-corrected chi connectivity index (χ2v) is 2.84. The van der Waals surface area contributed by atoms with Gasteiger partial charge in [0, 0.05) is 0 Å². The molecule has 2 N–H and O–H groups in total. The summed E-state index contributed by atoms with van der Waals surface area (Å²) in [6, 6.07) is 2.81. The van der Waals surface area contributed by atoms with Crippen LogP contribution in [0.25, 0.3) is 0 Å². The summed E-state index contributed by atoms with van der Waals surface area (Å²) in [7, 11) is 0. The van der Waals surface area contributed by atoms with E-state index in [0.29, 0.717) is 0 Å². The van der Waals surface area contributed by atoms with Gasteiger partial charge in [-0.05, 0) is 18.6 Å². The third-order valence-corrected chi connectivity index (χ3v) is 1.89. The van der Waals surface area contributed by atoms with Gasteiger partial charge < -0.3 is 5.73 Å². The molecule has 0 atom stereocenters. The zero-order chi connectivity index (χ0) is 11.6. The average molecular weight is 211 g/mol. The van der Waals surface area contributed by atoms with Crippen molar-refractivity contribution < 1.29 is 13.6 Å². The summed E-state index contributed by atoms with van der Waals surface area (Å²) in [5.41, 5.74) is 4.04. The predicted octanol–water partition coefficient (Wildman–Crippen LogP) is 1.30. The maximum absolute atomic E-state index is 12.5. The minimum Gasteiger partial charge on any atom is -0.364 e. The first-order valence-electron chi connectivity index (χ1n) is 3.97. The molecular weight excluding hydrogens is 204 g/mol. The maximum Gasteiger partial charge on any atom is 0.280 e. The van der Waals surface area contributed by atoms with Gasteiger partial charge in [-0.3, -0.25) is 4.79 Å². The van der Waals surface area contributed by atoms with E-state index in [1.165, 1.54) is 6.92 Å². The Hall–Kier alpha value is -2.03. The minimum atomic E-state index is -2.84. The van der Waals surface area contributed by atoms with Crippen molar-refractivity contribution in [2.24, 2.45) is 5.73 Å². The zero-order valence-corrected chi connectivity index (χ0v) is 7.79. The molecule has 1 rings (SSSR count). The van der Waals surface area contributed by atoms with E-state index >= 15 is 0 Å². The normalized spacial score (nSPS) is 10.1. The summed E-state index contributed by atoms with van der Waals surface area (Å²) >= 11 is 0. The number of nitrogens with two attached hydrogens (primary N) is 1. The topological polar surface area (TPSA) is 79.8 Å². The quantitative estimate of drug-likeness (QED) is 0.800. The van der Waals surface area contributed by atoms with Crippen LogP contribution in [0.15, 0.2) is 6.07 Å². The fourth-order valence-corrected chi connectivity index (χ4v) is 1.08. The van der Waals surface area contributed by atoms with Crippen LogP contribution >= 0.6 is 0 Å². The lowest BCUT2D eigenvalue weighted by atomic mass is 10.1. The van der Waals surface area contributed by atoms with Crippen molar-refractivity contribution >= 4 is 5.91 Å². The van der Waals surface area contributed by atoms with Crippen molar-refractivity contribution in [3.05, 3.63) is 28.6 Å². The molecule has 0 aliphatic carbocycles. The van der Waals surface area contributed by atoms with E-state index in [1.807, 2.05) is 0 Å². The van der Waals surface area contributed by atoms with Gasteiger partial charge in [-0.2, -0.15) is 5.26 Å². The lowest BCUT2D eigenvalue weighted by molar-refractivity contribution is 0.0993. The Morgan fingerprint density at radius 2 is 2.27 bits per heavy atom. The summed E-state index contributed by atoms with van der Waals surface area (Å²) in [5.74, 6) is -0.937. The Balaban J connectivity index is 3.47. The highest BCUT2D eigenvalue weighted by atomic mass is 19.3. The van der Waals surface area contributed by atoms with Crippen LogP contribution < -0.4 is 5.73 Å². The Bertz CT molecular complexity index is 451. The third-order valence-electron chi connectivity index (χ3n) is 1.89. The third kappa shape index (κ3) is 2.07. The molecule has 15 heavy (non-hydrogen) atoms. The van der Waals surface area contributed by atoms with Crippen LogP contribution in [-0.2, 0) is 0 Å². The highest BCUT2D eigenvalue weighted by Gasteiger charge is 2.18. The molecule has 4 nitrogen and oxygen atoms in total. The molecule has 0 aliphatic heterocycles. The van der Waals surface area contributed by atoms with Crippen molar-refractivity contribution in [3.8, 4) is 6.07 Å². The summed E-state index contributed by atoms with van der Waals surface area (Å²) in [6.45, 7) is 1.35. The maximum atomic E-state index is 12.5. The summed E-state index contributed by atoms with van der Waals surface area (Å²) in [6.07, 6.45) is -2.84. The lowest BCUT2D eigenvalue weighted by Crippen LogP contribution is -2.15. The molecule has 1 aromatic heterocycles. The number of alkyl halides is 2. The molecule has 0 saturated heterocycles. The SMILES string of the molecule is Cc1c(C#N)cc(C(N)=O)nc1C(F)F. The predicted molar refractivity (Wildman–Crippen MR) is 47.2 cm³/mol. The Kier molecular flexibility index (Phi) is 2.95. The number of carbonyl (C=O) groups excluding carboxylic acids is 1. The van der Waals surface area contributed by atoms with Crippen LogP contribution in [-0.4, -0.2) is 10.9 Å². The van der Waals surface area contributed by atoms with E-state index in [4.69, 9.17) is 11.0 Å². The van der Waals surface area contributed by atoms with Gasteiger partial charge in [0.05, 0.1) is 11.6 Å². The van der Waals surface area contributed by atoms with Crippen molar-refractivity contribution in [3.63, 3.8) is 0 Å². The lowest BCUT2D eigenvalue weighted by Gasteiger charge is -2.06. The highest BCUT2D eigenvalue weighted by Crippen LogP contribution is 2.23. The van der Waals surface area contributed by atoms with Gasteiger partial charge in [0.15, 0.2) is 0 Å².